The standard InChI is InChI=1S/C19H15BrO/c1-19(13-8-10-14(20)11-9-13)12-4-6-16-15-5-2-3-7-17(15)21-18(16)19/h2-11H,12H2,1H3. The van der Waals surface area contributed by atoms with E-state index in [9.17, 15) is 0 Å². The maximum Gasteiger partial charge on any atom is 0.134 e. The number of halogens is 1. The predicted octanol–water partition coefficient (Wildman–Crippen LogP) is 5.92. The Kier molecular flexibility index (Phi) is 2.83. The van der Waals surface area contributed by atoms with Gasteiger partial charge in [0.2, 0.25) is 0 Å². The molecule has 0 fully saturated rings. The van der Waals surface area contributed by atoms with Gasteiger partial charge in [0.1, 0.15) is 11.3 Å². The summed E-state index contributed by atoms with van der Waals surface area (Å²) < 4.78 is 7.33. The molecular weight excluding hydrogens is 324 g/mol. The highest BCUT2D eigenvalue weighted by molar-refractivity contribution is 9.10. The van der Waals surface area contributed by atoms with Gasteiger partial charge >= 0.3 is 0 Å². The largest absolute Gasteiger partial charge is 0.459 e. The van der Waals surface area contributed by atoms with E-state index in [-0.39, 0.29) is 5.41 Å². The van der Waals surface area contributed by atoms with Gasteiger partial charge in [0, 0.05) is 15.4 Å². The molecule has 0 amide bonds. The second kappa shape index (κ2) is 4.60. The molecule has 3 aromatic rings. The Bertz CT molecular complexity index is 842. The van der Waals surface area contributed by atoms with Crippen LogP contribution in [0.2, 0.25) is 0 Å². The van der Waals surface area contributed by atoms with E-state index in [1.165, 1.54) is 16.5 Å². The van der Waals surface area contributed by atoms with Crippen LogP contribution in [-0.2, 0) is 5.41 Å². The summed E-state index contributed by atoms with van der Waals surface area (Å²) in [6.45, 7) is 2.26. The molecule has 0 aliphatic heterocycles. The average Bonchev–Trinajstić information content (AvgIpc) is 2.89. The predicted molar refractivity (Wildman–Crippen MR) is 90.5 cm³/mol. The molecule has 1 atom stereocenters. The fourth-order valence-corrected chi connectivity index (χ4v) is 3.48. The third-order valence-electron chi connectivity index (χ3n) is 4.43. The zero-order chi connectivity index (χ0) is 14.4. The number of furan rings is 1. The van der Waals surface area contributed by atoms with E-state index in [2.05, 4.69) is 71.4 Å². The molecule has 0 saturated carbocycles. The summed E-state index contributed by atoms with van der Waals surface area (Å²) >= 11 is 3.51. The normalized spacial score (nSPS) is 20.7. The van der Waals surface area contributed by atoms with Crippen molar-refractivity contribution in [3.05, 3.63) is 76.0 Å². The van der Waals surface area contributed by atoms with Crippen molar-refractivity contribution in [2.24, 2.45) is 0 Å². The van der Waals surface area contributed by atoms with Crippen LogP contribution in [0.5, 0.6) is 0 Å². The minimum atomic E-state index is -0.107. The molecule has 0 N–H and O–H groups in total. The Balaban J connectivity index is 1.97. The lowest BCUT2D eigenvalue weighted by molar-refractivity contribution is 0.425. The van der Waals surface area contributed by atoms with E-state index < -0.39 is 0 Å². The fourth-order valence-electron chi connectivity index (χ4n) is 3.21. The lowest BCUT2D eigenvalue weighted by atomic mass is 9.73. The van der Waals surface area contributed by atoms with Gasteiger partial charge in [-0.3, -0.25) is 0 Å². The average molecular weight is 339 g/mol. The van der Waals surface area contributed by atoms with Crippen molar-refractivity contribution in [1.29, 1.82) is 0 Å². The number of rotatable bonds is 1. The van der Waals surface area contributed by atoms with Gasteiger partial charge in [-0.1, -0.05) is 58.4 Å². The Morgan fingerprint density at radius 2 is 1.81 bits per heavy atom. The van der Waals surface area contributed by atoms with Crippen LogP contribution in [0.4, 0.5) is 0 Å². The minimum Gasteiger partial charge on any atom is -0.459 e. The van der Waals surface area contributed by atoms with Crippen LogP contribution in [0.25, 0.3) is 17.0 Å². The summed E-state index contributed by atoms with van der Waals surface area (Å²) in [6, 6.07) is 16.8. The molecule has 1 aliphatic carbocycles. The first kappa shape index (κ1) is 12.9. The Hall–Kier alpha value is -1.80. The Labute approximate surface area is 132 Å². The van der Waals surface area contributed by atoms with Crippen molar-refractivity contribution in [2.45, 2.75) is 18.8 Å². The fraction of sp³-hybridized carbons (Fsp3) is 0.158. The van der Waals surface area contributed by atoms with Crippen LogP contribution in [-0.4, -0.2) is 0 Å². The van der Waals surface area contributed by atoms with E-state index >= 15 is 0 Å². The lowest BCUT2D eigenvalue weighted by Crippen LogP contribution is -2.24. The van der Waals surface area contributed by atoms with E-state index in [1.54, 1.807) is 0 Å². The second-order valence-electron chi connectivity index (χ2n) is 5.79. The van der Waals surface area contributed by atoms with Crippen molar-refractivity contribution in [1.82, 2.24) is 0 Å². The van der Waals surface area contributed by atoms with Crippen molar-refractivity contribution in [3.63, 3.8) is 0 Å². The van der Waals surface area contributed by atoms with Gasteiger partial charge in [-0.25, -0.2) is 0 Å². The third kappa shape index (κ3) is 1.90. The smallest absolute Gasteiger partial charge is 0.134 e. The molecule has 0 saturated heterocycles. The molecule has 0 spiro atoms. The van der Waals surface area contributed by atoms with Gasteiger partial charge in [0.15, 0.2) is 0 Å². The van der Waals surface area contributed by atoms with Crippen molar-refractivity contribution < 1.29 is 4.42 Å². The zero-order valence-electron chi connectivity index (χ0n) is 11.8. The van der Waals surface area contributed by atoms with Gasteiger partial charge in [0.05, 0.1) is 5.41 Å². The molecule has 1 aromatic heterocycles. The van der Waals surface area contributed by atoms with Gasteiger partial charge in [-0.15, -0.1) is 0 Å². The maximum atomic E-state index is 6.23. The monoisotopic (exact) mass is 338 g/mol. The first-order valence-electron chi connectivity index (χ1n) is 7.13. The van der Waals surface area contributed by atoms with E-state index in [0.29, 0.717) is 0 Å². The number of allylic oxidation sites excluding steroid dienone is 1. The maximum absolute atomic E-state index is 6.23. The highest BCUT2D eigenvalue weighted by Crippen LogP contribution is 2.45. The van der Waals surface area contributed by atoms with Crippen LogP contribution < -0.4 is 0 Å². The highest BCUT2D eigenvalue weighted by Gasteiger charge is 2.36. The molecule has 1 heterocycles. The number of benzene rings is 2. The van der Waals surface area contributed by atoms with Crippen LogP contribution in [0.15, 0.2) is 63.5 Å². The van der Waals surface area contributed by atoms with Crippen LogP contribution in [0.1, 0.15) is 30.2 Å². The summed E-state index contributed by atoms with van der Waals surface area (Å²) in [4.78, 5) is 0. The Morgan fingerprint density at radius 3 is 2.62 bits per heavy atom. The second-order valence-corrected chi connectivity index (χ2v) is 6.70. The van der Waals surface area contributed by atoms with Gasteiger partial charge in [-0.05, 0) is 37.1 Å². The molecule has 2 aromatic carbocycles. The molecule has 0 radical (unpaired) electrons. The number of fused-ring (bicyclic) bond motifs is 3. The molecule has 4 rings (SSSR count). The molecule has 1 unspecified atom stereocenters. The van der Waals surface area contributed by atoms with Crippen molar-refractivity contribution in [2.75, 3.05) is 0 Å². The van der Waals surface area contributed by atoms with E-state index in [0.717, 1.165) is 22.2 Å². The summed E-state index contributed by atoms with van der Waals surface area (Å²) in [6.07, 6.45) is 5.41. The molecular formula is C19H15BrO. The molecule has 21 heavy (non-hydrogen) atoms. The zero-order valence-corrected chi connectivity index (χ0v) is 13.4. The van der Waals surface area contributed by atoms with Crippen molar-refractivity contribution >= 4 is 33.0 Å². The molecule has 1 aliphatic rings. The quantitative estimate of drug-likeness (QED) is 0.536. The van der Waals surface area contributed by atoms with Crippen molar-refractivity contribution in [3.8, 4) is 0 Å². The summed E-state index contributed by atoms with van der Waals surface area (Å²) in [5.41, 5.74) is 3.37. The number of para-hydroxylation sites is 1. The number of hydrogen-bond donors (Lipinski definition) is 0. The lowest BCUT2D eigenvalue weighted by Gasteiger charge is -2.30. The van der Waals surface area contributed by atoms with Gasteiger partial charge in [-0.2, -0.15) is 0 Å². The van der Waals surface area contributed by atoms with Crippen LogP contribution in [0.3, 0.4) is 0 Å². The SMILES string of the molecule is CC1(c2ccc(Br)cc2)CC=Cc2c1oc1ccccc21. The third-order valence-corrected chi connectivity index (χ3v) is 4.96. The Morgan fingerprint density at radius 1 is 1.05 bits per heavy atom. The van der Waals surface area contributed by atoms with Gasteiger partial charge in [0.25, 0.3) is 0 Å². The van der Waals surface area contributed by atoms with E-state index in [4.69, 9.17) is 4.42 Å². The summed E-state index contributed by atoms with van der Waals surface area (Å²) in [5.74, 6) is 1.08. The van der Waals surface area contributed by atoms with Crippen LogP contribution >= 0.6 is 15.9 Å². The summed E-state index contributed by atoms with van der Waals surface area (Å²) in [7, 11) is 0. The first-order chi connectivity index (χ1) is 10.2. The molecule has 2 heteroatoms. The summed E-state index contributed by atoms with van der Waals surface area (Å²) in [5, 5.41) is 1.20. The van der Waals surface area contributed by atoms with Crippen LogP contribution in [0, 0.1) is 0 Å². The topological polar surface area (TPSA) is 13.1 Å². The van der Waals surface area contributed by atoms with Gasteiger partial charge < -0.3 is 4.42 Å². The minimum absolute atomic E-state index is 0.107. The molecule has 0 bridgehead atoms. The number of hydrogen-bond acceptors (Lipinski definition) is 1. The molecule has 1 nitrogen and oxygen atoms in total. The first-order valence-corrected chi connectivity index (χ1v) is 7.92. The highest BCUT2D eigenvalue weighted by atomic mass is 79.9. The molecule has 104 valence electrons. The van der Waals surface area contributed by atoms with E-state index in [1.807, 2.05) is 12.1 Å².